The number of nitrogens with one attached hydrogen (secondary N) is 2. The van der Waals surface area contributed by atoms with Crippen molar-refractivity contribution in [1.29, 1.82) is 0 Å². The summed E-state index contributed by atoms with van der Waals surface area (Å²) in [6, 6.07) is 14.2. The van der Waals surface area contributed by atoms with E-state index in [0.717, 1.165) is 33.1 Å². The fraction of sp³-hybridized carbons (Fsp3) is 0. The highest BCUT2D eigenvalue weighted by atomic mass is 15.1. The molecule has 86 valence electrons. The molecular formula is C14H10N4. The lowest BCUT2D eigenvalue weighted by molar-refractivity contribution is 1.12. The Kier molecular flexibility index (Phi) is 1.80. The largest absolute Gasteiger partial charge is 0.278 e. The first-order valence-electron chi connectivity index (χ1n) is 5.79. The number of hydrogen-bond donors (Lipinski definition) is 2. The zero-order valence-electron chi connectivity index (χ0n) is 9.51. The van der Waals surface area contributed by atoms with Gasteiger partial charge in [-0.25, -0.2) is 0 Å². The van der Waals surface area contributed by atoms with E-state index in [-0.39, 0.29) is 0 Å². The summed E-state index contributed by atoms with van der Waals surface area (Å²) in [4.78, 5) is 0. The van der Waals surface area contributed by atoms with Gasteiger partial charge in [-0.1, -0.05) is 30.3 Å². The van der Waals surface area contributed by atoms with E-state index < -0.39 is 0 Å². The predicted octanol–water partition coefficient (Wildman–Crippen LogP) is 3.11. The van der Waals surface area contributed by atoms with Crippen LogP contribution in [0, 0.1) is 0 Å². The van der Waals surface area contributed by atoms with Gasteiger partial charge in [-0.05, 0) is 12.1 Å². The summed E-state index contributed by atoms with van der Waals surface area (Å²) in [5.74, 6) is 0. The third-order valence-corrected chi connectivity index (χ3v) is 3.21. The molecule has 0 radical (unpaired) electrons. The average Bonchev–Trinajstić information content (AvgIpc) is 3.05. The van der Waals surface area contributed by atoms with Gasteiger partial charge in [0.2, 0.25) is 0 Å². The quantitative estimate of drug-likeness (QED) is 0.531. The minimum atomic E-state index is 0.970. The van der Waals surface area contributed by atoms with E-state index in [1.807, 2.05) is 36.5 Å². The second-order valence-corrected chi connectivity index (χ2v) is 4.25. The molecule has 0 amide bonds. The zero-order chi connectivity index (χ0) is 11.9. The van der Waals surface area contributed by atoms with Crippen molar-refractivity contribution in [3.8, 4) is 11.3 Å². The number of aromatic amines is 2. The molecular weight excluding hydrogens is 224 g/mol. The topological polar surface area (TPSA) is 57.4 Å². The summed E-state index contributed by atoms with van der Waals surface area (Å²) in [5, 5.41) is 16.8. The van der Waals surface area contributed by atoms with E-state index in [0.29, 0.717) is 0 Å². The standard InChI is InChI=1S/C14H10N4/c1-2-6-12-10(4-1)14(18-17-12)9-5-3-7-13-11(9)8-15-16-13/h1-8H,(H,15,16)(H,17,18). The summed E-state index contributed by atoms with van der Waals surface area (Å²) in [5.41, 5.74) is 4.14. The van der Waals surface area contributed by atoms with Crippen LogP contribution in [0.5, 0.6) is 0 Å². The van der Waals surface area contributed by atoms with Crippen LogP contribution in [0.15, 0.2) is 48.7 Å². The smallest absolute Gasteiger partial charge is 0.101 e. The van der Waals surface area contributed by atoms with Gasteiger partial charge >= 0.3 is 0 Å². The minimum absolute atomic E-state index is 0.970. The maximum atomic E-state index is 4.43. The third-order valence-electron chi connectivity index (χ3n) is 3.21. The van der Waals surface area contributed by atoms with Crippen LogP contribution in [0.1, 0.15) is 0 Å². The van der Waals surface area contributed by atoms with Crippen molar-refractivity contribution >= 4 is 21.8 Å². The Morgan fingerprint density at radius 2 is 1.61 bits per heavy atom. The molecule has 2 heterocycles. The van der Waals surface area contributed by atoms with E-state index in [1.54, 1.807) is 0 Å². The van der Waals surface area contributed by atoms with Crippen LogP contribution in [0.25, 0.3) is 33.1 Å². The van der Waals surface area contributed by atoms with E-state index in [9.17, 15) is 0 Å². The second kappa shape index (κ2) is 3.43. The number of rotatable bonds is 1. The van der Waals surface area contributed by atoms with Gasteiger partial charge in [0, 0.05) is 16.3 Å². The van der Waals surface area contributed by atoms with Gasteiger partial charge in [-0.15, -0.1) is 0 Å². The van der Waals surface area contributed by atoms with Crippen molar-refractivity contribution in [2.75, 3.05) is 0 Å². The molecule has 2 aromatic carbocycles. The van der Waals surface area contributed by atoms with Crippen molar-refractivity contribution in [2.45, 2.75) is 0 Å². The zero-order valence-corrected chi connectivity index (χ0v) is 9.51. The van der Waals surface area contributed by atoms with E-state index in [4.69, 9.17) is 0 Å². The molecule has 0 bridgehead atoms. The summed E-state index contributed by atoms with van der Waals surface area (Å²) < 4.78 is 0. The number of fused-ring (bicyclic) bond motifs is 2. The highest BCUT2D eigenvalue weighted by Gasteiger charge is 2.11. The van der Waals surface area contributed by atoms with Crippen LogP contribution >= 0.6 is 0 Å². The molecule has 0 fully saturated rings. The Morgan fingerprint density at radius 1 is 0.778 bits per heavy atom. The van der Waals surface area contributed by atoms with Crippen LogP contribution in [0.4, 0.5) is 0 Å². The number of aromatic nitrogens is 4. The number of H-pyrrole nitrogens is 2. The molecule has 18 heavy (non-hydrogen) atoms. The van der Waals surface area contributed by atoms with Crippen molar-refractivity contribution in [3.63, 3.8) is 0 Å². The first-order valence-corrected chi connectivity index (χ1v) is 5.79. The average molecular weight is 234 g/mol. The second-order valence-electron chi connectivity index (χ2n) is 4.25. The van der Waals surface area contributed by atoms with Crippen molar-refractivity contribution < 1.29 is 0 Å². The molecule has 4 rings (SSSR count). The van der Waals surface area contributed by atoms with Gasteiger partial charge in [0.15, 0.2) is 0 Å². The maximum absolute atomic E-state index is 4.43. The molecule has 2 N–H and O–H groups in total. The van der Waals surface area contributed by atoms with Crippen LogP contribution in [0.2, 0.25) is 0 Å². The SMILES string of the molecule is c1cc(-c2n[nH]c3ccccc23)c2cn[nH]c2c1. The predicted molar refractivity (Wildman–Crippen MR) is 71.2 cm³/mol. The molecule has 0 spiro atoms. The van der Waals surface area contributed by atoms with Crippen LogP contribution in [-0.2, 0) is 0 Å². The van der Waals surface area contributed by atoms with Crippen LogP contribution < -0.4 is 0 Å². The van der Waals surface area contributed by atoms with Gasteiger partial charge in [-0.3, -0.25) is 10.2 Å². The van der Waals surface area contributed by atoms with E-state index >= 15 is 0 Å². The fourth-order valence-corrected chi connectivity index (χ4v) is 2.34. The van der Waals surface area contributed by atoms with E-state index in [2.05, 4.69) is 32.5 Å². The van der Waals surface area contributed by atoms with Gasteiger partial charge in [0.25, 0.3) is 0 Å². The molecule has 0 saturated carbocycles. The fourth-order valence-electron chi connectivity index (χ4n) is 2.34. The molecule has 0 aliphatic carbocycles. The lowest BCUT2D eigenvalue weighted by Gasteiger charge is -1.99. The lowest BCUT2D eigenvalue weighted by Crippen LogP contribution is -1.80. The van der Waals surface area contributed by atoms with Crippen LogP contribution in [-0.4, -0.2) is 20.4 Å². The summed E-state index contributed by atoms with van der Waals surface area (Å²) >= 11 is 0. The van der Waals surface area contributed by atoms with Crippen molar-refractivity contribution in [1.82, 2.24) is 20.4 Å². The number of hydrogen-bond acceptors (Lipinski definition) is 2. The Bertz CT molecular complexity index is 841. The Balaban J connectivity index is 2.10. The monoisotopic (exact) mass is 234 g/mol. The molecule has 4 heteroatoms. The summed E-state index contributed by atoms with van der Waals surface area (Å²) in [6.45, 7) is 0. The molecule has 2 aromatic heterocycles. The molecule has 0 saturated heterocycles. The molecule has 0 aliphatic rings. The Morgan fingerprint density at radius 3 is 2.61 bits per heavy atom. The molecule has 0 atom stereocenters. The van der Waals surface area contributed by atoms with E-state index in [1.165, 1.54) is 0 Å². The van der Waals surface area contributed by atoms with Crippen molar-refractivity contribution in [3.05, 3.63) is 48.7 Å². The third kappa shape index (κ3) is 1.20. The number of nitrogens with zero attached hydrogens (tertiary/aromatic N) is 2. The normalized spacial score (nSPS) is 11.3. The minimum Gasteiger partial charge on any atom is -0.278 e. The summed E-state index contributed by atoms with van der Waals surface area (Å²) in [7, 11) is 0. The number of benzene rings is 2. The lowest BCUT2D eigenvalue weighted by atomic mass is 10.0. The highest BCUT2D eigenvalue weighted by Crippen LogP contribution is 2.30. The van der Waals surface area contributed by atoms with Gasteiger partial charge in [-0.2, -0.15) is 10.2 Å². The molecule has 4 nitrogen and oxygen atoms in total. The van der Waals surface area contributed by atoms with Gasteiger partial charge in [0.05, 0.1) is 17.2 Å². The highest BCUT2D eigenvalue weighted by molar-refractivity contribution is 6.02. The van der Waals surface area contributed by atoms with Crippen molar-refractivity contribution in [2.24, 2.45) is 0 Å². The van der Waals surface area contributed by atoms with Crippen LogP contribution in [0.3, 0.4) is 0 Å². The molecule has 4 aromatic rings. The van der Waals surface area contributed by atoms with Gasteiger partial charge in [0.1, 0.15) is 5.69 Å². The summed E-state index contributed by atoms with van der Waals surface area (Å²) in [6.07, 6.45) is 1.84. The first kappa shape index (κ1) is 9.41. The maximum Gasteiger partial charge on any atom is 0.101 e. The Labute approximate surface area is 103 Å². The first-order chi connectivity index (χ1) is 8.93. The van der Waals surface area contributed by atoms with Gasteiger partial charge < -0.3 is 0 Å². The number of para-hydroxylation sites is 1. The Hall–Kier alpha value is -2.62. The molecule has 0 unspecified atom stereocenters. The molecule has 0 aliphatic heterocycles.